The van der Waals surface area contributed by atoms with Crippen LogP contribution in [0.1, 0.15) is 41.0 Å². The fraction of sp³-hybridized carbons (Fsp3) is 0.714. The first kappa shape index (κ1) is 24.5. The number of carbonyl (C=O) groups is 2. The Balaban J connectivity index is 2.14. The Hall–Kier alpha value is -1.78. The van der Waals surface area contributed by atoms with Crippen molar-refractivity contribution in [3.63, 3.8) is 0 Å². The van der Waals surface area contributed by atoms with Crippen molar-refractivity contribution in [3.8, 4) is 0 Å². The van der Waals surface area contributed by atoms with Crippen LogP contribution in [-0.2, 0) is 23.8 Å². The molecule has 1 fully saturated rings. The minimum atomic E-state index is -2.31. The van der Waals surface area contributed by atoms with Crippen LogP contribution in [0.5, 0.6) is 0 Å². The van der Waals surface area contributed by atoms with Crippen LogP contribution < -0.4 is 0 Å². The number of rotatable bonds is 8. The molecular formula is C21H33NO8. The second-order valence-corrected chi connectivity index (χ2v) is 8.57. The van der Waals surface area contributed by atoms with Gasteiger partial charge in [-0.15, -0.1) is 0 Å². The molecule has 2 aliphatic heterocycles. The van der Waals surface area contributed by atoms with E-state index in [0.29, 0.717) is 24.1 Å². The summed E-state index contributed by atoms with van der Waals surface area (Å²) in [4.78, 5) is 24.9. The summed E-state index contributed by atoms with van der Waals surface area (Å²) >= 11 is 0. The summed E-state index contributed by atoms with van der Waals surface area (Å²) in [5.74, 6) is -1.54. The molecule has 2 rings (SSSR count). The predicted octanol–water partition coefficient (Wildman–Crippen LogP) is 0.971. The molecular weight excluding hydrogens is 394 g/mol. The van der Waals surface area contributed by atoms with Gasteiger partial charge in [-0.3, -0.25) is 0 Å². The molecule has 0 bridgehead atoms. The van der Waals surface area contributed by atoms with E-state index in [1.54, 1.807) is 26.0 Å². The molecule has 30 heavy (non-hydrogen) atoms. The number of fused-ring (bicyclic) bond motifs is 1. The molecule has 0 aliphatic carbocycles. The van der Waals surface area contributed by atoms with Crippen molar-refractivity contribution in [1.82, 2.24) is 0 Å². The van der Waals surface area contributed by atoms with E-state index in [4.69, 9.17) is 14.2 Å². The lowest BCUT2D eigenvalue weighted by Crippen LogP contribution is -2.63. The average Bonchev–Trinajstić information content (AvgIpc) is 3.18. The van der Waals surface area contributed by atoms with E-state index in [1.807, 2.05) is 0 Å². The van der Waals surface area contributed by atoms with Gasteiger partial charge in [0.05, 0.1) is 19.2 Å². The summed E-state index contributed by atoms with van der Waals surface area (Å²) in [5.41, 5.74) is -3.16. The number of hydrogen-bond donors (Lipinski definition) is 2. The molecule has 9 nitrogen and oxygen atoms in total. The van der Waals surface area contributed by atoms with Crippen LogP contribution in [-0.4, -0.2) is 83.1 Å². The van der Waals surface area contributed by atoms with Gasteiger partial charge in [-0.1, -0.05) is 6.08 Å². The average molecular weight is 427 g/mol. The van der Waals surface area contributed by atoms with Crippen LogP contribution in [0.15, 0.2) is 23.3 Å². The number of aliphatic hydroxyl groups is 2. The number of allylic oxidation sites excluding steroid dienone is 1. The Morgan fingerprint density at radius 1 is 1.40 bits per heavy atom. The highest BCUT2D eigenvalue weighted by atomic mass is 16.6. The number of methoxy groups -OCH3 is 1. The maximum absolute atomic E-state index is 13.1. The number of quaternary nitrogens is 1. The topological polar surface area (TPSA) is 125 Å². The lowest BCUT2D eigenvalue weighted by molar-refractivity contribution is -0.877. The van der Waals surface area contributed by atoms with Crippen molar-refractivity contribution in [1.29, 1.82) is 0 Å². The minimum Gasteiger partial charge on any atom is -0.632 e. The van der Waals surface area contributed by atoms with Gasteiger partial charge in [0.2, 0.25) is 5.60 Å². The number of hydroxylamine groups is 3. The third-order valence-corrected chi connectivity index (χ3v) is 6.26. The Labute approximate surface area is 177 Å². The highest BCUT2D eigenvalue weighted by Crippen LogP contribution is 2.38. The van der Waals surface area contributed by atoms with Crippen molar-refractivity contribution >= 4 is 11.9 Å². The SMILES string of the molecule is C/C=C(/C)C(=O)O[C@H]1CC[N+]2([O-])CC=C(COC(=O)C(O)([C@@H](C)OC)C(C)(C)O)[C@H]12. The summed E-state index contributed by atoms with van der Waals surface area (Å²) in [6, 6.07) is -0.665. The number of hydrogen-bond acceptors (Lipinski definition) is 8. The van der Waals surface area contributed by atoms with Gasteiger partial charge in [-0.05, 0) is 40.7 Å². The lowest BCUT2D eigenvalue weighted by atomic mass is 9.81. The van der Waals surface area contributed by atoms with Crippen LogP contribution in [0.4, 0.5) is 0 Å². The van der Waals surface area contributed by atoms with Crippen LogP contribution in [0.25, 0.3) is 0 Å². The first-order valence-electron chi connectivity index (χ1n) is 10.1. The zero-order valence-corrected chi connectivity index (χ0v) is 18.5. The molecule has 170 valence electrons. The Bertz CT molecular complexity index is 740. The smallest absolute Gasteiger partial charge is 0.344 e. The minimum absolute atomic E-state index is 0.193. The van der Waals surface area contributed by atoms with E-state index in [1.165, 1.54) is 27.9 Å². The van der Waals surface area contributed by atoms with Gasteiger partial charge in [-0.2, -0.15) is 0 Å². The number of esters is 2. The summed E-state index contributed by atoms with van der Waals surface area (Å²) in [7, 11) is 1.31. The third kappa shape index (κ3) is 4.31. The van der Waals surface area contributed by atoms with Gasteiger partial charge in [0.15, 0.2) is 12.1 Å². The highest BCUT2D eigenvalue weighted by molar-refractivity contribution is 5.87. The maximum atomic E-state index is 13.1. The summed E-state index contributed by atoms with van der Waals surface area (Å²) in [6.07, 6.45) is 2.08. The summed E-state index contributed by atoms with van der Waals surface area (Å²) < 4.78 is 15.4. The van der Waals surface area contributed by atoms with Crippen LogP contribution >= 0.6 is 0 Å². The Morgan fingerprint density at radius 3 is 2.57 bits per heavy atom. The molecule has 0 aromatic rings. The van der Waals surface area contributed by atoms with Crippen molar-refractivity contribution in [2.45, 2.75) is 70.5 Å². The Kier molecular flexibility index (Phi) is 7.15. The molecule has 5 atom stereocenters. The third-order valence-electron chi connectivity index (χ3n) is 6.26. The van der Waals surface area contributed by atoms with E-state index < -0.39 is 46.0 Å². The van der Waals surface area contributed by atoms with E-state index in [2.05, 4.69) is 0 Å². The molecule has 1 saturated heterocycles. The standard InChI is InChI=1S/C21H33NO8/c1-7-13(2)18(23)30-16-9-11-22(27)10-8-15(17(16)22)12-29-19(24)21(26,14(3)28-6)20(4,5)25/h7-8,14,16-17,25-26H,9-12H2,1-6H3/b13-7-/t14-,16+,17-,21?,22?/m1/s1. The molecule has 2 unspecified atom stereocenters. The van der Waals surface area contributed by atoms with Crippen LogP contribution in [0.2, 0.25) is 0 Å². The molecule has 0 saturated carbocycles. The first-order valence-corrected chi connectivity index (χ1v) is 10.1. The van der Waals surface area contributed by atoms with Crippen molar-refractivity contribution < 1.29 is 38.7 Å². The largest absolute Gasteiger partial charge is 0.632 e. The summed E-state index contributed by atoms with van der Waals surface area (Å²) in [5, 5.41) is 34.3. The quantitative estimate of drug-likeness (QED) is 0.193. The normalized spacial score (nSPS) is 29.6. The van der Waals surface area contributed by atoms with Gasteiger partial charge < -0.3 is 34.3 Å². The van der Waals surface area contributed by atoms with Gasteiger partial charge in [-0.25, -0.2) is 9.59 Å². The van der Waals surface area contributed by atoms with E-state index in [0.717, 1.165) is 0 Å². The zero-order valence-electron chi connectivity index (χ0n) is 18.5. The molecule has 0 aromatic carbocycles. The fourth-order valence-corrected chi connectivity index (χ4v) is 4.04. The summed E-state index contributed by atoms with van der Waals surface area (Å²) in [6.45, 7) is 7.62. The van der Waals surface area contributed by atoms with Crippen LogP contribution in [0, 0.1) is 5.21 Å². The van der Waals surface area contributed by atoms with E-state index >= 15 is 0 Å². The van der Waals surface area contributed by atoms with Gasteiger partial charge >= 0.3 is 11.9 Å². The second-order valence-electron chi connectivity index (χ2n) is 8.57. The predicted molar refractivity (Wildman–Crippen MR) is 108 cm³/mol. The molecule has 0 amide bonds. The zero-order chi connectivity index (χ0) is 22.9. The number of ether oxygens (including phenoxy) is 3. The highest BCUT2D eigenvalue weighted by Gasteiger charge is 2.56. The number of nitrogens with zero attached hydrogens (tertiary/aromatic N) is 1. The first-order chi connectivity index (χ1) is 13.8. The van der Waals surface area contributed by atoms with Crippen molar-refractivity contribution in [2.75, 3.05) is 26.8 Å². The van der Waals surface area contributed by atoms with Crippen molar-refractivity contribution in [2.24, 2.45) is 0 Å². The van der Waals surface area contributed by atoms with Gasteiger partial charge in [0, 0.05) is 24.7 Å². The number of carbonyl (C=O) groups excluding carboxylic acids is 2. The Morgan fingerprint density at radius 2 is 2.03 bits per heavy atom. The fourth-order valence-electron chi connectivity index (χ4n) is 4.04. The molecule has 0 radical (unpaired) electrons. The van der Waals surface area contributed by atoms with Gasteiger partial charge in [0.25, 0.3) is 0 Å². The maximum Gasteiger partial charge on any atom is 0.344 e. The molecule has 0 aromatic heterocycles. The molecule has 2 aliphatic rings. The van der Waals surface area contributed by atoms with Crippen molar-refractivity contribution in [3.05, 3.63) is 28.5 Å². The van der Waals surface area contributed by atoms with Crippen LogP contribution in [0.3, 0.4) is 0 Å². The lowest BCUT2D eigenvalue weighted by Gasteiger charge is -2.41. The van der Waals surface area contributed by atoms with E-state index in [9.17, 15) is 25.0 Å². The monoisotopic (exact) mass is 427 g/mol. The second kappa shape index (κ2) is 8.76. The molecule has 9 heteroatoms. The molecule has 2 N–H and O–H groups in total. The van der Waals surface area contributed by atoms with Gasteiger partial charge in [0.1, 0.15) is 12.2 Å². The van der Waals surface area contributed by atoms with E-state index in [-0.39, 0.29) is 13.2 Å². The molecule has 0 spiro atoms. The molecule has 2 heterocycles.